The number of anilines is 1. The van der Waals surface area contributed by atoms with Crippen LogP contribution < -0.4 is 10.2 Å². The largest absolute Gasteiger partial charge is 0.497 e. The Morgan fingerprint density at radius 3 is 2.50 bits per heavy atom. The highest BCUT2D eigenvalue weighted by atomic mass is 127. The molecule has 0 radical (unpaired) electrons. The first kappa shape index (κ1) is 19.6. The fourth-order valence-electron chi connectivity index (χ4n) is 2.20. The van der Waals surface area contributed by atoms with Crippen LogP contribution in [0.15, 0.2) is 41.5 Å². The molecule has 0 saturated carbocycles. The number of halogens is 1. The molecule has 0 aliphatic rings. The lowest BCUT2D eigenvalue weighted by molar-refractivity contribution is -0.394. The minimum absolute atomic E-state index is 0.201. The van der Waals surface area contributed by atoms with Crippen molar-refractivity contribution in [1.82, 2.24) is 0 Å². The highest BCUT2D eigenvalue weighted by Gasteiger charge is 2.21. The number of nitro groups is 2. The zero-order chi connectivity index (χ0) is 19.3. The smallest absolute Gasteiger partial charge is 0.285 e. The molecule has 10 heteroatoms. The number of nitro benzene ring substituents is 2. The van der Waals surface area contributed by atoms with Gasteiger partial charge in [0.1, 0.15) is 5.75 Å². The molecule has 0 unspecified atom stereocenters. The average molecular weight is 470 g/mol. The molecule has 0 aliphatic carbocycles. The molecule has 136 valence electrons. The van der Waals surface area contributed by atoms with Gasteiger partial charge in [0.25, 0.3) is 11.4 Å². The molecule has 2 aromatic carbocycles. The molecule has 0 bridgehead atoms. The summed E-state index contributed by atoms with van der Waals surface area (Å²) < 4.78 is 5.92. The SMILES string of the molecule is COc1ccc(CI)c(N/N=C(\C)c2ccc([N+](=O)[O-])cc2[N+](=O)[O-])c1. The Morgan fingerprint density at radius 2 is 1.92 bits per heavy atom. The lowest BCUT2D eigenvalue weighted by atomic mass is 10.1. The molecule has 9 nitrogen and oxygen atoms in total. The maximum Gasteiger partial charge on any atom is 0.285 e. The number of benzene rings is 2. The quantitative estimate of drug-likeness (QED) is 0.212. The fraction of sp³-hybridized carbons (Fsp3) is 0.188. The Morgan fingerprint density at radius 1 is 1.19 bits per heavy atom. The highest BCUT2D eigenvalue weighted by Crippen LogP contribution is 2.27. The molecule has 0 heterocycles. The van der Waals surface area contributed by atoms with Gasteiger partial charge in [-0.1, -0.05) is 28.7 Å². The van der Waals surface area contributed by atoms with Gasteiger partial charge in [0.05, 0.1) is 40.0 Å². The molecular formula is C16H15IN4O5. The van der Waals surface area contributed by atoms with Crippen LogP contribution in [0.3, 0.4) is 0 Å². The van der Waals surface area contributed by atoms with E-state index in [1.165, 1.54) is 12.1 Å². The lowest BCUT2D eigenvalue weighted by Crippen LogP contribution is -2.05. The number of alkyl halides is 1. The van der Waals surface area contributed by atoms with E-state index in [9.17, 15) is 20.2 Å². The molecule has 0 spiro atoms. The van der Waals surface area contributed by atoms with Crippen LogP contribution in [0.1, 0.15) is 18.1 Å². The molecular weight excluding hydrogens is 455 g/mol. The summed E-state index contributed by atoms with van der Waals surface area (Å²) in [7, 11) is 1.55. The van der Waals surface area contributed by atoms with Crippen molar-refractivity contribution in [3.63, 3.8) is 0 Å². The second-order valence-corrected chi connectivity index (χ2v) is 5.94. The third-order valence-electron chi connectivity index (χ3n) is 3.58. The Balaban J connectivity index is 2.38. The molecule has 1 N–H and O–H groups in total. The number of methoxy groups -OCH3 is 1. The molecule has 0 aliphatic heterocycles. The van der Waals surface area contributed by atoms with E-state index in [-0.39, 0.29) is 16.9 Å². The minimum Gasteiger partial charge on any atom is -0.497 e. The van der Waals surface area contributed by atoms with Crippen molar-refractivity contribution >= 4 is 45.4 Å². The van der Waals surface area contributed by atoms with Gasteiger partial charge in [0.15, 0.2) is 0 Å². The van der Waals surface area contributed by atoms with Crippen molar-refractivity contribution in [2.45, 2.75) is 11.4 Å². The topological polar surface area (TPSA) is 120 Å². The van der Waals surface area contributed by atoms with Crippen molar-refractivity contribution in [2.75, 3.05) is 12.5 Å². The van der Waals surface area contributed by atoms with Crippen molar-refractivity contribution in [3.05, 3.63) is 67.8 Å². The number of nitrogens with zero attached hydrogens (tertiary/aromatic N) is 3. The number of non-ortho nitro benzene ring substituents is 1. The Kier molecular flexibility index (Phi) is 6.44. The average Bonchev–Trinajstić information content (AvgIpc) is 2.65. The summed E-state index contributed by atoms with van der Waals surface area (Å²) in [4.78, 5) is 20.7. The van der Waals surface area contributed by atoms with E-state index in [0.29, 0.717) is 17.1 Å². The number of ether oxygens (including phenoxy) is 1. The summed E-state index contributed by atoms with van der Waals surface area (Å²) in [6, 6.07) is 8.96. The van der Waals surface area contributed by atoms with E-state index in [0.717, 1.165) is 16.1 Å². The van der Waals surface area contributed by atoms with Gasteiger partial charge in [-0.3, -0.25) is 25.7 Å². The molecule has 2 rings (SSSR count). The van der Waals surface area contributed by atoms with Crippen LogP contribution in [0.5, 0.6) is 5.75 Å². The fourth-order valence-corrected chi connectivity index (χ4v) is 2.86. The van der Waals surface area contributed by atoms with E-state index >= 15 is 0 Å². The highest BCUT2D eigenvalue weighted by molar-refractivity contribution is 14.1. The normalized spacial score (nSPS) is 11.1. The molecule has 26 heavy (non-hydrogen) atoms. The van der Waals surface area contributed by atoms with Gasteiger partial charge in [-0.25, -0.2) is 0 Å². The van der Waals surface area contributed by atoms with E-state index in [2.05, 4.69) is 33.1 Å². The summed E-state index contributed by atoms with van der Waals surface area (Å²) in [5.74, 6) is 0.648. The first-order chi connectivity index (χ1) is 12.4. The predicted molar refractivity (Wildman–Crippen MR) is 106 cm³/mol. The number of hydrogen-bond donors (Lipinski definition) is 1. The molecule has 0 fully saturated rings. The van der Waals surface area contributed by atoms with Crippen LogP contribution in [0, 0.1) is 20.2 Å². The number of nitrogens with one attached hydrogen (secondary N) is 1. The van der Waals surface area contributed by atoms with Gasteiger partial charge in [-0.05, 0) is 24.6 Å². The van der Waals surface area contributed by atoms with Crippen LogP contribution in [-0.2, 0) is 4.43 Å². The maximum absolute atomic E-state index is 11.2. The van der Waals surface area contributed by atoms with Gasteiger partial charge >= 0.3 is 0 Å². The summed E-state index contributed by atoms with van der Waals surface area (Å²) >= 11 is 2.21. The van der Waals surface area contributed by atoms with E-state index in [1.807, 2.05) is 12.1 Å². The second-order valence-electron chi connectivity index (χ2n) is 5.18. The number of hydrogen-bond acceptors (Lipinski definition) is 7. The van der Waals surface area contributed by atoms with Crippen molar-refractivity contribution in [1.29, 1.82) is 0 Å². The summed E-state index contributed by atoms with van der Waals surface area (Å²) in [5.41, 5.74) is 4.39. The van der Waals surface area contributed by atoms with Crippen LogP contribution in [0.25, 0.3) is 0 Å². The molecule has 0 aromatic heterocycles. The van der Waals surface area contributed by atoms with Gasteiger partial charge < -0.3 is 4.74 Å². The molecule has 0 atom stereocenters. The Hall–Kier alpha value is -2.76. The van der Waals surface area contributed by atoms with Crippen LogP contribution in [0.2, 0.25) is 0 Å². The first-order valence-electron chi connectivity index (χ1n) is 7.33. The number of rotatable bonds is 7. The summed E-state index contributed by atoms with van der Waals surface area (Å²) in [6.45, 7) is 1.59. The zero-order valence-electron chi connectivity index (χ0n) is 13.9. The minimum atomic E-state index is -0.676. The van der Waals surface area contributed by atoms with Gasteiger partial charge in [-0.2, -0.15) is 5.10 Å². The Bertz CT molecular complexity index is 885. The molecule has 0 amide bonds. The third-order valence-corrected chi connectivity index (χ3v) is 4.41. The molecule has 2 aromatic rings. The summed E-state index contributed by atoms with van der Waals surface area (Å²) in [6.07, 6.45) is 0. The summed E-state index contributed by atoms with van der Waals surface area (Å²) in [5, 5.41) is 26.3. The van der Waals surface area contributed by atoms with Gasteiger partial charge in [0, 0.05) is 16.6 Å². The zero-order valence-corrected chi connectivity index (χ0v) is 16.1. The van der Waals surface area contributed by atoms with Crippen molar-refractivity contribution in [2.24, 2.45) is 5.10 Å². The second kappa shape index (κ2) is 8.56. The maximum atomic E-state index is 11.2. The number of hydrazone groups is 1. The lowest BCUT2D eigenvalue weighted by Gasteiger charge is -2.10. The van der Waals surface area contributed by atoms with E-state index in [4.69, 9.17) is 4.74 Å². The van der Waals surface area contributed by atoms with Crippen LogP contribution >= 0.6 is 22.6 Å². The third kappa shape index (κ3) is 4.45. The van der Waals surface area contributed by atoms with Crippen molar-refractivity contribution < 1.29 is 14.6 Å². The molecule has 0 saturated heterocycles. The first-order valence-corrected chi connectivity index (χ1v) is 8.86. The predicted octanol–water partition coefficient (Wildman–Crippen LogP) is 4.28. The Labute approximate surface area is 162 Å². The van der Waals surface area contributed by atoms with Crippen LogP contribution in [-0.4, -0.2) is 22.7 Å². The van der Waals surface area contributed by atoms with E-state index in [1.54, 1.807) is 20.1 Å². The standard InChI is InChI=1S/C16H15IN4O5/c1-10(14-6-4-12(20(22)23)7-16(14)21(24)25)18-19-15-8-13(26-2)5-3-11(15)9-17/h3-8,19H,9H2,1-2H3/b18-10+. The van der Waals surface area contributed by atoms with Crippen molar-refractivity contribution in [3.8, 4) is 5.75 Å². The van der Waals surface area contributed by atoms with Gasteiger partial charge in [-0.15, -0.1) is 0 Å². The van der Waals surface area contributed by atoms with Gasteiger partial charge in [0.2, 0.25) is 0 Å². The van der Waals surface area contributed by atoms with Crippen LogP contribution in [0.4, 0.5) is 17.1 Å². The van der Waals surface area contributed by atoms with E-state index < -0.39 is 9.85 Å². The monoisotopic (exact) mass is 470 g/mol.